The molecular formula is C24H22BrN5O. The fraction of sp³-hybridized carbons (Fsp3) is 0.167. The van der Waals surface area contributed by atoms with Crippen molar-refractivity contribution in [2.75, 3.05) is 14.1 Å². The van der Waals surface area contributed by atoms with Crippen LogP contribution in [0.25, 0.3) is 5.69 Å². The lowest BCUT2D eigenvalue weighted by atomic mass is 10.0. The van der Waals surface area contributed by atoms with Gasteiger partial charge < -0.3 is 4.90 Å². The largest absolute Gasteiger partial charge is 0.302 e. The Morgan fingerprint density at radius 3 is 2.42 bits per heavy atom. The van der Waals surface area contributed by atoms with Crippen LogP contribution in [0.4, 0.5) is 0 Å². The van der Waals surface area contributed by atoms with Gasteiger partial charge in [0.2, 0.25) is 5.78 Å². The molecule has 2 heterocycles. The molecule has 2 aromatic carbocycles. The molecule has 156 valence electrons. The van der Waals surface area contributed by atoms with Crippen LogP contribution in [-0.4, -0.2) is 44.5 Å². The van der Waals surface area contributed by atoms with Crippen LogP contribution < -0.4 is 0 Å². The summed E-state index contributed by atoms with van der Waals surface area (Å²) in [6, 6.07) is 21.2. The molecule has 0 saturated carbocycles. The molecule has 4 aromatic rings. The summed E-state index contributed by atoms with van der Waals surface area (Å²) >= 11 is 3.51. The number of halogens is 1. The first kappa shape index (κ1) is 21.1. The van der Waals surface area contributed by atoms with Crippen LogP contribution in [-0.2, 0) is 13.0 Å². The molecular weight excluding hydrogens is 454 g/mol. The molecule has 0 amide bonds. The normalized spacial score (nSPS) is 11.1. The minimum atomic E-state index is -0.146. The van der Waals surface area contributed by atoms with Gasteiger partial charge in [-0.25, -0.2) is 0 Å². The second kappa shape index (κ2) is 9.32. The number of pyridine rings is 1. The van der Waals surface area contributed by atoms with Crippen molar-refractivity contribution in [1.29, 1.82) is 0 Å². The molecule has 2 aromatic heterocycles. The molecule has 0 bridgehead atoms. The van der Waals surface area contributed by atoms with Gasteiger partial charge in [-0.15, -0.1) is 10.2 Å². The molecule has 0 spiro atoms. The standard InChI is InChI=1S/C24H22BrN5O/c1-29(2)16-23-28-27-22(14-17-8-4-3-5-9-17)30(23)21-12-11-18(25)15-19(21)24(31)20-10-6-7-13-26-20/h3-13,15H,14,16H2,1-2H3. The lowest BCUT2D eigenvalue weighted by Gasteiger charge is -2.17. The summed E-state index contributed by atoms with van der Waals surface area (Å²) in [5.74, 6) is 1.40. The summed E-state index contributed by atoms with van der Waals surface area (Å²) in [4.78, 5) is 19.7. The number of benzene rings is 2. The van der Waals surface area contributed by atoms with Crippen molar-refractivity contribution in [1.82, 2.24) is 24.6 Å². The lowest BCUT2D eigenvalue weighted by molar-refractivity contribution is 0.103. The van der Waals surface area contributed by atoms with Gasteiger partial charge in [0.15, 0.2) is 5.82 Å². The second-order valence-corrected chi connectivity index (χ2v) is 8.39. The quantitative estimate of drug-likeness (QED) is 0.372. The summed E-state index contributed by atoms with van der Waals surface area (Å²) in [5.41, 5.74) is 2.81. The van der Waals surface area contributed by atoms with Gasteiger partial charge in [0, 0.05) is 22.7 Å². The summed E-state index contributed by atoms with van der Waals surface area (Å²) in [6.07, 6.45) is 2.23. The van der Waals surface area contributed by atoms with Gasteiger partial charge in [-0.2, -0.15) is 0 Å². The Morgan fingerprint density at radius 1 is 0.968 bits per heavy atom. The first-order valence-electron chi connectivity index (χ1n) is 9.90. The van der Waals surface area contributed by atoms with E-state index in [0.29, 0.717) is 24.2 Å². The number of carbonyl (C=O) groups excluding carboxylic acids is 1. The maximum Gasteiger partial charge on any atom is 0.213 e. The predicted octanol–water partition coefficient (Wildman–Crippen LogP) is 4.31. The molecule has 0 aliphatic rings. The van der Waals surface area contributed by atoms with Crippen molar-refractivity contribution in [2.24, 2.45) is 0 Å². The Balaban J connectivity index is 1.87. The van der Waals surface area contributed by atoms with E-state index >= 15 is 0 Å². The minimum Gasteiger partial charge on any atom is -0.302 e. The third-order valence-corrected chi connectivity index (χ3v) is 5.29. The second-order valence-electron chi connectivity index (χ2n) is 7.47. The molecule has 0 unspecified atom stereocenters. The molecule has 0 atom stereocenters. The molecule has 0 N–H and O–H groups in total. The average Bonchev–Trinajstić information content (AvgIpc) is 3.15. The fourth-order valence-corrected chi connectivity index (χ4v) is 3.79. The SMILES string of the molecule is CN(C)Cc1nnc(Cc2ccccc2)n1-c1ccc(Br)cc1C(=O)c1ccccn1. The van der Waals surface area contributed by atoms with Crippen molar-refractivity contribution < 1.29 is 4.79 Å². The Kier molecular flexibility index (Phi) is 6.34. The molecule has 0 aliphatic carbocycles. The van der Waals surface area contributed by atoms with Crippen molar-refractivity contribution in [3.63, 3.8) is 0 Å². The van der Waals surface area contributed by atoms with Crippen LogP contribution >= 0.6 is 15.9 Å². The molecule has 7 heteroatoms. The first-order valence-corrected chi connectivity index (χ1v) is 10.7. The zero-order chi connectivity index (χ0) is 21.8. The van der Waals surface area contributed by atoms with E-state index in [-0.39, 0.29) is 5.78 Å². The van der Waals surface area contributed by atoms with E-state index < -0.39 is 0 Å². The van der Waals surface area contributed by atoms with E-state index in [4.69, 9.17) is 0 Å². The molecule has 0 aliphatic heterocycles. The zero-order valence-corrected chi connectivity index (χ0v) is 19.0. The topological polar surface area (TPSA) is 63.9 Å². The van der Waals surface area contributed by atoms with Gasteiger partial charge in [-0.05, 0) is 50.0 Å². The van der Waals surface area contributed by atoms with Crippen molar-refractivity contribution in [3.05, 3.63) is 106 Å². The average molecular weight is 476 g/mol. The van der Waals surface area contributed by atoms with E-state index in [1.165, 1.54) is 0 Å². The van der Waals surface area contributed by atoms with Gasteiger partial charge in [0.25, 0.3) is 0 Å². The van der Waals surface area contributed by atoms with Crippen molar-refractivity contribution in [3.8, 4) is 5.69 Å². The Morgan fingerprint density at radius 2 is 1.71 bits per heavy atom. The summed E-state index contributed by atoms with van der Waals surface area (Å²) in [6.45, 7) is 0.592. The third kappa shape index (κ3) is 4.78. The van der Waals surface area contributed by atoms with Crippen molar-refractivity contribution in [2.45, 2.75) is 13.0 Å². The van der Waals surface area contributed by atoms with Gasteiger partial charge >= 0.3 is 0 Å². The molecule has 0 saturated heterocycles. The predicted molar refractivity (Wildman–Crippen MR) is 123 cm³/mol. The Labute approximate surface area is 189 Å². The molecule has 6 nitrogen and oxygen atoms in total. The molecule has 0 radical (unpaired) electrons. The van der Waals surface area contributed by atoms with Crippen molar-refractivity contribution >= 4 is 21.7 Å². The highest BCUT2D eigenvalue weighted by Gasteiger charge is 2.22. The van der Waals surface area contributed by atoms with Crippen LogP contribution in [0.5, 0.6) is 0 Å². The summed E-state index contributed by atoms with van der Waals surface area (Å²) < 4.78 is 2.82. The number of carbonyl (C=O) groups is 1. The third-order valence-electron chi connectivity index (χ3n) is 4.80. The number of hydrogen-bond acceptors (Lipinski definition) is 5. The van der Waals surface area contributed by atoms with Crippen LogP contribution in [0.15, 0.2) is 77.4 Å². The minimum absolute atomic E-state index is 0.146. The van der Waals surface area contributed by atoms with E-state index in [1.54, 1.807) is 18.3 Å². The molecule has 31 heavy (non-hydrogen) atoms. The summed E-state index contributed by atoms with van der Waals surface area (Å²) in [7, 11) is 3.97. The van der Waals surface area contributed by atoms with E-state index in [0.717, 1.165) is 27.4 Å². The fourth-order valence-electron chi connectivity index (χ4n) is 3.43. The Hall–Kier alpha value is -3.16. The monoisotopic (exact) mass is 475 g/mol. The molecule has 0 fully saturated rings. The van der Waals surface area contributed by atoms with Crippen LogP contribution in [0.3, 0.4) is 0 Å². The van der Waals surface area contributed by atoms with E-state index in [9.17, 15) is 4.79 Å². The van der Waals surface area contributed by atoms with Crippen LogP contribution in [0.2, 0.25) is 0 Å². The number of rotatable bonds is 7. The van der Waals surface area contributed by atoms with Crippen LogP contribution in [0, 0.1) is 0 Å². The smallest absolute Gasteiger partial charge is 0.213 e. The Bertz CT molecular complexity index is 1190. The highest BCUT2D eigenvalue weighted by Crippen LogP contribution is 2.26. The molecule has 4 rings (SSSR count). The highest BCUT2D eigenvalue weighted by atomic mass is 79.9. The number of ketones is 1. The highest BCUT2D eigenvalue weighted by molar-refractivity contribution is 9.10. The lowest BCUT2D eigenvalue weighted by Crippen LogP contribution is -2.18. The first-order chi connectivity index (χ1) is 15.0. The van der Waals surface area contributed by atoms with E-state index in [2.05, 4.69) is 43.2 Å². The van der Waals surface area contributed by atoms with Gasteiger partial charge in [-0.3, -0.25) is 14.3 Å². The van der Waals surface area contributed by atoms with Gasteiger partial charge in [-0.1, -0.05) is 52.3 Å². The maximum absolute atomic E-state index is 13.4. The number of aromatic nitrogens is 4. The van der Waals surface area contributed by atoms with E-state index in [1.807, 2.05) is 66.0 Å². The zero-order valence-electron chi connectivity index (χ0n) is 17.4. The van der Waals surface area contributed by atoms with Gasteiger partial charge in [0.1, 0.15) is 11.5 Å². The maximum atomic E-state index is 13.4. The van der Waals surface area contributed by atoms with Crippen LogP contribution in [0.1, 0.15) is 33.3 Å². The summed E-state index contributed by atoms with van der Waals surface area (Å²) in [5, 5.41) is 8.94. The van der Waals surface area contributed by atoms with Gasteiger partial charge in [0.05, 0.1) is 12.2 Å². The number of hydrogen-bond donors (Lipinski definition) is 0. The number of nitrogens with zero attached hydrogens (tertiary/aromatic N) is 5.